The van der Waals surface area contributed by atoms with Crippen LogP contribution in [0.1, 0.15) is 22.8 Å². The van der Waals surface area contributed by atoms with Gasteiger partial charge in [0.05, 0.1) is 17.2 Å². The van der Waals surface area contributed by atoms with Gasteiger partial charge in [0, 0.05) is 22.8 Å². The van der Waals surface area contributed by atoms with Crippen molar-refractivity contribution in [3.8, 4) is 5.75 Å². The van der Waals surface area contributed by atoms with E-state index in [0.29, 0.717) is 41.5 Å². The number of hydrogen-bond acceptors (Lipinski definition) is 4. The zero-order chi connectivity index (χ0) is 22.0. The van der Waals surface area contributed by atoms with Crippen LogP contribution in [-0.4, -0.2) is 27.5 Å². The lowest BCUT2D eigenvalue weighted by atomic mass is 10.1. The molecule has 1 amide bonds. The Labute approximate surface area is 186 Å². The van der Waals surface area contributed by atoms with Crippen LogP contribution in [0.25, 0.3) is 0 Å². The number of rotatable bonds is 6. The van der Waals surface area contributed by atoms with Gasteiger partial charge in [-0.05, 0) is 85.6 Å². The summed E-state index contributed by atoms with van der Waals surface area (Å²) in [5.74, 6) is 0.478. The summed E-state index contributed by atoms with van der Waals surface area (Å²) in [6.07, 6.45) is 0.534. The Morgan fingerprint density at radius 1 is 1.06 bits per heavy atom. The molecule has 1 heterocycles. The van der Waals surface area contributed by atoms with E-state index in [4.69, 9.17) is 16.3 Å². The molecule has 0 aromatic heterocycles. The Hall–Kier alpha value is -3.03. The van der Waals surface area contributed by atoms with Gasteiger partial charge in [0.1, 0.15) is 5.75 Å². The van der Waals surface area contributed by atoms with Crippen LogP contribution in [-0.2, 0) is 16.4 Å². The zero-order valence-electron chi connectivity index (χ0n) is 16.8. The normalized spacial score (nSPS) is 13.0. The molecule has 1 N–H and O–H groups in total. The maximum Gasteiger partial charge on any atom is 0.264 e. The summed E-state index contributed by atoms with van der Waals surface area (Å²) in [6.45, 7) is 2.81. The third-order valence-electron chi connectivity index (χ3n) is 5.02. The van der Waals surface area contributed by atoms with E-state index in [0.717, 1.165) is 11.3 Å². The first-order chi connectivity index (χ1) is 14.9. The highest BCUT2D eigenvalue weighted by Crippen LogP contribution is 2.34. The number of carbonyl (C=O) groups is 1. The van der Waals surface area contributed by atoms with E-state index >= 15 is 0 Å². The lowest BCUT2D eigenvalue weighted by molar-refractivity contribution is 0.102. The number of benzene rings is 3. The highest BCUT2D eigenvalue weighted by atomic mass is 35.5. The van der Waals surface area contributed by atoms with Gasteiger partial charge in [0.15, 0.2) is 0 Å². The van der Waals surface area contributed by atoms with Crippen molar-refractivity contribution in [2.24, 2.45) is 0 Å². The lowest BCUT2D eigenvalue weighted by Gasteiger charge is -2.19. The average molecular weight is 457 g/mol. The van der Waals surface area contributed by atoms with Crippen molar-refractivity contribution in [1.29, 1.82) is 0 Å². The Bertz CT molecular complexity index is 1210. The molecule has 1 aliphatic rings. The van der Waals surface area contributed by atoms with Crippen molar-refractivity contribution in [2.45, 2.75) is 18.2 Å². The molecule has 0 unspecified atom stereocenters. The van der Waals surface area contributed by atoms with Crippen LogP contribution < -0.4 is 14.4 Å². The summed E-state index contributed by atoms with van der Waals surface area (Å²) in [5, 5.41) is 3.33. The minimum Gasteiger partial charge on any atom is -0.494 e. The van der Waals surface area contributed by atoms with Crippen LogP contribution in [0.4, 0.5) is 11.4 Å². The number of carbonyl (C=O) groups excluding carboxylic acids is 1. The molecule has 1 aliphatic heterocycles. The second-order valence-corrected chi connectivity index (χ2v) is 9.33. The lowest BCUT2D eigenvalue weighted by Crippen LogP contribution is -2.29. The molecule has 0 atom stereocenters. The third-order valence-corrected chi connectivity index (χ3v) is 7.10. The summed E-state index contributed by atoms with van der Waals surface area (Å²) in [5.41, 5.74) is 2.53. The van der Waals surface area contributed by atoms with Crippen molar-refractivity contribution >= 4 is 38.9 Å². The van der Waals surface area contributed by atoms with Gasteiger partial charge in [0.2, 0.25) is 0 Å². The molecule has 0 aliphatic carbocycles. The summed E-state index contributed by atoms with van der Waals surface area (Å²) >= 11 is 5.88. The number of fused-ring (bicyclic) bond motifs is 1. The standard InChI is InChI=1S/C23H21ClN2O4S/c1-2-30-20-8-6-19(7-9-20)25-23(27)17-3-12-22-16(15-17)13-14-26(22)31(28,29)21-10-4-18(24)5-11-21/h3-12,15H,2,13-14H2,1H3,(H,25,27). The van der Waals surface area contributed by atoms with Gasteiger partial charge in [-0.2, -0.15) is 0 Å². The van der Waals surface area contributed by atoms with E-state index in [1.165, 1.54) is 16.4 Å². The molecule has 4 rings (SSSR count). The van der Waals surface area contributed by atoms with Gasteiger partial charge >= 0.3 is 0 Å². The van der Waals surface area contributed by atoms with Crippen molar-refractivity contribution in [2.75, 3.05) is 22.8 Å². The predicted octanol–water partition coefficient (Wildman–Crippen LogP) is 4.74. The van der Waals surface area contributed by atoms with Crippen LogP contribution in [0.3, 0.4) is 0 Å². The molecule has 8 heteroatoms. The molecule has 31 heavy (non-hydrogen) atoms. The molecular weight excluding hydrogens is 436 g/mol. The quantitative estimate of drug-likeness (QED) is 0.581. The molecule has 0 saturated carbocycles. The molecule has 0 saturated heterocycles. The number of nitrogens with zero attached hydrogens (tertiary/aromatic N) is 1. The number of ether oxygens (including phenoxy) is 1. The van der Waals surface area contributed by atoms with Crippen LogP contribution in [0.15, 0.2) is 71.6 Å². The highest BCUT2D eigenvalue weighted by molar-refractivity contribution is 7.92. The first-order valence-corrected chi connectivity index (χ1v) is 11.7. The SMILES string of the molecule is CCOc1ccc(NC(=O)c2ccc3c(c2)CCN3S(=O)(=O)c2ccc(Cl)cc2)cc1. The van der Waals surface area contributed by atoms with Gasteiger partial charge in [-0.15, -0.1) is 0 Å². The minimum atomic E-state index is -3.70. The maximum atomic E-state index is 13.0. The fourth-order valence-electron chi connectivity index (χ4n) is 3.50. The highest BCUT2D eigenvalue weighted by Gasteiger charge is 2.31. The molecule has 0 radical (unpaired) electrons. The minimum absolute atomic E-state index is 0.182. The van der Waals surface area contributed by atoms with Crippen LogP contribution >= 0.6 is 11.6 Å². The van der Waals surface area contributed by atoms with E-state index in [9.17, 15) is 13.2 Å². The second-order valence-electron chi connectivity index (χ2n) is 7.04. The third kappa shape index (κ3) is 4.38. The number of anilines is 2. The van der Waals surface area contributed by atoms with Gasteiger partial charge in [-0.3, -0.25) is 9.10 Å². The Kier molecular flexibility index (Phi) is 5.89. The van der Waals surface area contributed by atoms with Crippen LogP contribution in [0.5, 0.6) is 5.75 Å². The van der Waals surface area contributed by atoms with E-state index in [1.54, 1.807) is 54.6 Å². The van der Waals surface area contributed by atoms with E-state index < -0.39 is 10.0 Å². The number of halogens is 1. The monoisotopic (exact) mass is 456 g/mol. The first-order valence-electron chi connectivity index (χ1n) is 9.84. The molecule has 0 bridgehead atoms. The molecule has 160 valence electrons. The average Bonchev–Trinajstić information content (AvgIpc) is 3.20. The number of nitrogens with one attached hydrogen (secondary N) is 1. The summed E-state index contributed by atoms with van der Waals surface area (Å²) < 4.78 is 32.8. The summed E-state index contributed by atoms with van der Waals surface area (Å²) in [7, 11) is -3.70. The fraction of sp³-hybridized carbons (Fsp3) is 0.174. The van der Waals surface area contributed by atoms with Crippen molar-refractivity contribution in [3.05, 3.63) is 82.9 Å². The summed E-state index contributed by atoms with van der Waals surface area (Å²) in [6, 6.07) is 18.3. The predicted molar refractivity (Wildman–Crippen MR) is 122 cm³/mol. The smallest absolute Gasteiger partial charge is 0.264 e. The van der Waals surface area contributed by atoms with Gasteiger partial charge in [-0.1, -0.05) is 11.6 Å². The second kappa shape index (κ2) is 8.61. The maximum absolute atomic E-state index is 13.0. The molecule has 3 aromatic rings. The number of sulfonamides is 1. The molecule has 3 aromatic carbocycles. The molecule has 6 nitrogen and oxygen atoms in total. The van der Waals surface area contributed by atoms with Crippen LogP contribution in [0, 0.1) is 0 Å². The Morgan fingerprint density at radius 2 is 1.77 bits per heavy atom. The zero-order valence-corrected chi connectivity index (χ0v) is 18.4. The Balaban J connectivity index is 1.53. The topological polar surface area (TPSA) is 75.7 Å². The van der Waals surface area contributed by atoms with Crippen molar-refractivity contribution in [3.63, 3.8) is 0 Å². The molecular formula is C23H21ClN2O4S. The fourth-order valence-corrected chi connectivity index (χ4v) is 5.13. The number of hydrogen-bond donors (Lipinski definition) is 1. The summed E-state index contributed by atoms with van der Waals surface area (Å²) in [4.78, 5) is 12.9. The van der Waals surface area contributed by atoms with Gasteiger partial charge < -0.3 is 10.1 Å². The van der Waals surface area contributed by atoms with Crippen LogP contribution in [0.2, 0.25) is 5.02 Å². The van der Waals surface area contributed by atoms with E-state index in [2.05, 4.69) is 5.32 Å². The Morgan fingerprint density at radius 3 is 2.45 bits per heavy atom. The van der Waals surface area contributed by atoms with E-state index in [1.807, 2.05) is 6.92 Å². The van der Waals surface area contributed by atoms with Gasteiger partial charge in [-0.25, -0.2) is 8.42 Å². The van der Waals surface area contributed by atoms with Gasteiger partial charge in [0.25, 0.3) is 15.9 Å². The first kappa shape index (κ1) is 21.2. The number of amides is 1. The largest absolute Gasteiger partial charge is 0.494 e. The molecule has 0 spiro atoms. The van der Waals surface area contributed by atoms with E-state index in [-0.39, 0.29) is 10.8 Å². The molecule has 0 fully saturated rings. The van der Waals surface area contributed by atoms with Crippen molar-refractivity contribution < 1.29 is 17.9 Å². The van der Waals surface area contributed by atoms with Crippen molar-refractivity contribution in [1.82, 2.24) is 0 Å².